The third kappa shape index (κ3) is 3.50. The second kappa shape index (κ2) is 6.44. The Hall–Kier alpha value is -1.49. The average Bonchev–Trinajstić information content (AvgIpc) is 2.80. The first-order chi connectivity index (χ1) is 8.79. The summed E-state index contributed by atoms with van der Waals surface area (Å²) in [6, 6.07) is 6.84. The van der Waals surface area contributed by atoms with Gasteiger partial charge in [0.05, 0.1) is 0 Å². The van der Waals surface area contributed by atoms with Crippen LogP contribution in [0.15, 0.2) is 24.3 Å². The van der Waals surface area contributed by atoms with Crippen LogP contribution in [0.25, 0.3) is 0 Å². The summed E-state index contributed by atoms with van der Waals surface area (Å²) in [5.41, 5.74) is 0.725. The van der Waals surface area contributed by atoms with Crippen molar-refractivity contribution in [3.63, 3.8) is 0 Å². The Balaban J connectivity index is 1.83. The number of halogens is 1. The monoisotopic (exact) mass is 265 g/mol. The first-order valence-corrected chi connectivity index (χ1v) is 6.87. The van der Waals surface area contributed by atoms with Gasteiger partial charge in [0.1, 0.15) is 11.6 Å². The van der Waals surface area contributed by atoms with E-state index in [0.29, 0.717) is 13.0 Å². The van der Waals surface area contributed by atoms with Crippen molar-refractivity contribution in [1.82, 2.24) is 9.36 Å². The van der Waals surface area contributed by atoms with Crippen molar-refractivity contribution >= 4 is 16.7 Å². The number of nitrogens with one attached hydrogen (secondary N) is 1. The van der Waals surface area contributed by atoms with Crippen LogP contribution < -0.4 is 5.32 Å². The Kier molecular flexibility index (Phi) is 4.64. The summed E-state index contributed by atoms with van der Waals surface area (Å²) in [7, 11) is 0. The van der Waals surface area contributed by atoms with E-state index in [1.807, 2.05) is 6.07 Å². The Morgan fingerprint density at radius 2 is 2.11 bits per heavy atom. The topological polar surface area (TPSA) is 37.8 Å². The number of hydrogen-bond donors (Lipinski definition) is 1. The van der Waals surface area contributed by atoms with Gasteiger partial charge >= 0.3 is 0 Å². The average molecular weight is 265 g/mol. The molecule has 0 bridgehead atoms. The summed E-state index contributed by atoms with van der Waals surface area (Å²) in [5.74, 6) is 0.735. The molecule has 0 atom stereocenters. The highest BCUT2D eigenvalue weighted by Crippen LogP contribution is 2.13. The molecule has 5 heteroatoms. The summed E-state index contributed by atoms with van der Waals surface area (Å²) < 4.78 is 17.6. The lowest BCUT2D eigenvalue weighted by molar-refractivity contribution is 0.610. The van der Waals surface area contributed by atoms with Crippen LogP contribution in [-0.4, -0.2) is 15.9 Å². The molecular formula is C13H16FN3S. The third-order valence-corrected chi connectivity index (χ3v) is 3.28. The maximum Gasteiger partial charge on any atom is 0.202 e. The number of hydrogen-bond acceptors (Lipinski definition) is 4. The number of benzene rings is 1. The lowest BCUT2D eigenvalue weighted by Crippen LogP contribution is -2.05. The molecule has 18 heavy (non-hydrogen) atoms. The lowest BCUT2D eigenvalue weighted by atomic mass is 10.1. The zero-order valence-electron chi connectivity index (χ0n) is 10.3. The van der Waals surface area contributed by atoms with E-state index in [1.165, 1.54) is 17.6 Å². The van der Waals surface area contributed by atoms with Crippen LogP contribution in [0.3, 0.4) is 0 Å². The smallest absolute Gasteiger partial charge is 0.202 e. The third-order valence-electron chi connectivity index (χ3n) is 2.57. The zero-order chi connectivity index (χ0) is 12.8. The fourth-order valence-corrected chi connectivity index (χ4v) is 2.29. The SMILES string of the molecule is CCCc1nsc(NCCc2ccccc2F)n1. The van der Waals surface area contributed by atoms with Crippen LogP contribution in [0.4, 0.5) is 9.52 Å². The van der Waals surface area contributed by atoms with E-state index >= 15 is 0 Å². The number of aromatic nitrogens is 2. The van der Waals surface area contributed by atoms with Crippen LogP contribution in [0.2, 0.25) is 0 Å². The van der Waals surface area contributed by atoms with Crippen molar-refractivity contribution in [1.29, 1.82) is 0 Å². The Morgan fingerprint density at radius 3 is 2.89 bits per heavy atom. The van der Waals surface area contributed by atoms with Crippen LogP contribution in [0, 0.1) is 5.82 Å². The van der Waals surface area contributed by atoms with E-state index < -0.39 is 0 Å². The van der Waals surface area contributed by atoms with E-state index in [4.69, 9.17) is 0 Å². The molecule has 1 aromatic heterocycles. The molecule has 3 nitrogen and oxygen atoms in total. The van der Waals surface area contributed by atoms with Crippen molar-refractivity contribution in [3.05, 3.63) is 41.5 Å². The quantitative estimate of drug-likeness (QED) is 0.871. The fourth-order valence-electron chi connectivity index (χ4n) is 1.66. The van der Waals surface area contributed by atoms with Gasteiger partial charge in [-0.15, -0.1) is 0 Å². The molecule has 0 amide bonds. The predicted molar refractivity (Wildman–Crippen MR) is 72.5 cm³/mol. The second-order valence-electron chi connectivity index (χ2n) is 4.03. The second-order valence-corrected chi connectivity index (χ2v) is 4.79. The Labute approximate surface area is 110 Å². The molecule has 0 saturated heterocycles. The van der Waals surface area contributed by atoms with E-state index in [-0.39, 0.29) is 5.82 Å². The molecule has 0 spiro atoms. The number of rotatable bonds is 6. The van der Waals surface area contributed by atoms with Crippen molar-refractivity contribution in [2.75, 3.05) is 11.9 Å². The van der Waals surface area contributed by atoms with Crippen molar-refractivity contribution in [2.24, 2.45) is 0 Å². The Morgan fingerprint density at radius 1 is 1.28 bits per heavy atom. The standard InChI is InChI=1S/C13H16FN3S/c1-2-5-12-16-13(18-17-12)15-9-8-10-6-3-4-7-11(10)14/h3-4,6-7H,2,5,8-9H2,1H3,(H,15,16,17). The van der Waals surface area contributed by atoms with Crippen LogP contribution in [-0.2, 0) is 12.8 Å². The summed E-state index contributed by atoms with van der Waals surface area (Å²) in [6.45, 7) is 2.77. The van der Waals surface area contributed by atoms with Gasteiger partial charge < -0.3 is 5.32 Å². The van der Waals surface area contributed by atoms with E-state index in [1.54, 1.807) is 12.1 Å². The van der Waals surface area contributed by atoms with Gasteiger partial charge in [-0.1, -0.05) is 25.1 Å². The molecule has 1 heterocycles. The van der Waals surface area contributed by atoms with E-state index in [2.05, 4.69) is 21.6 Å². The number of nitrogens with zero attached hydrogens (tertiary/aromatic N) is 2. The van der Waals surface area contributed by atoms with Gasteiger partial charge in [0.25, 0.3) is 0 Å². The summed E-state index contributed by atoms with van der Waals surface area (Å²) in [6.07, 6.45) is 2.60. The molecule has 0 radical (unpaired) electrons. The van der Waals surface area contributed by atoms with Gasteiger partial charge in [-0.3, -0.25) is 0 Å². The summed E-state index contributed by atoms with van der Waals surface area (Å²) in [4.78, 5) is 4.36. The molecule has 0 unspecified atom stereocenters. The molecular weight excluding hydrogens is 249 g/mol. The maximum absolute atomic E-state index is 13.4. The molecule has 96 valence electrons. The number of anilines is 1. The molecule has 0 aliphatic carbocycles. The van der Waals surface area contributed by atoms with Gasteiger partial charge in [-0.05, 0) is 24.5 Å². The maximum atomic E-state index is 13.4. The number of aryl methyl sites for hydroxylation is 1. The van der Waals surface area contributed by atoms with Gasteiger partial charge in [-0.2, -0.15) is 4.37 Å². The molecule has 1 N–H and O–H groups in total. The van der Waals surface area contributed by atoms with Gasteiger partial charge in [-0.25, -0.2) is 9.37 Å². The molecule has 0 aliphatic heterocycles. The highest BCUT2D eigenvalue weighted by atomic mass is 32.1. The summed E-state index contributed by atoms with van der Waals surface area (Å²) in [5, 5.41) is 3.99. The van der Waals surface area contributed by atoms with Crippen LogP contribution in [0.5, 0.6) is 0 Å². The van der Waals surface area contributed by atoms with Crippen molar-refractivity contribution in [2.45, 2.75) is 26.2 Å². The summed E-state index contributed by atoms with van der Waals surface area (Å²) >= 11 is 1.36. The predicted octanol–water partition coefficient (Wildman–Crippen LogP) is 3.28. The first kappa shape index (κ1) is 13.0. The first-order valence-electron chi connectivity index (χ1n) is 6.09. The molecule has 2 rings (SSSR count). The minimum absolute atomic E-state index is 0.150. The molecule has 0 saturated carbocycles. The van der Waals surface area contributed by atoms with Crippen molar-refractivity contribution in [3.8, 4) is 0 Å². The van der Waals surface area contributed by atoms with Crippen LogP contribution in [0.1, 0.15) is 24.7 Å². The highest BCUT2D eigenvalue weighted by molar-refractivity contribution is 7.09. The van der Waals surface area contributed by atoms with Gasteiger partial charge in [0, 0.05) is 24.5 Å². The largest absolute Gasteiger partial charge is 0.360 e. The zero-order valence-corrected chi connectivity index (χ0v) is 11.1. The molecule has 0 fully saturated rings. The van der Waals surface area contributed by atoms with Crippen LogP contribution >= 0.6 is 11.5 Å². The molecule has 1 aromatic carbocycles. The highest BCUT2D eigenvalue weighted by Gasteiger charge is 2.03. The van der Waals surface area contributed by atoms with Gasteiger partial charge in [0.2, 0.25) is 5.13 Å². The van der Waals surface area contributed by atoms with E-state index in [9.17, 15) is 4.39 Å². The lowest BCUT2D eigenvalue weighted by Gasteiger charge is -2.03. The minimum atomic E-state index is -0.150. The molecule has 2 aromatic rings. The fraction of sp³-hybridized carbons (Fsp3) is 0.385. The van der Waals surface area contributed by atoms with E-state index in [0.717, 1.165) is 29.4 Å². The van der Waals surface area contributed by atoms with Gasteiger partial charge in [0.15, 0.2) is 0 Å². The normalized spacial score (nSPS) is 10.6. The molecule has 0 aliphatic rings. The Bertz CT molecular complexity index is 498. The minimum Gasteiger partial charge on any atom is -0.360 e. The van der Waals surface area contributed by atoms with Crippen molar-refractivity contribution < 1.29 is 4.39 Å².